The van der Waals surface area contributed by atoms with Crippen molar-refractivity contribution in [2.45, 2.75) is 20.0 Å². The van der Waals surface area contributed by atoms with Gasteiger partial charge in [0.25, 0.3) is 11.8 Å². The van der Waals surface area contributed by atoms with Crippen LogP contribution in [0.25, 0.3) is 11.8 Å². The molecule has 4 rings (SSSR count). The van der Waals surface area contributed by atoms with Crippen LogP contribution in [0.1, 0.15) is 22.5 Å². The van der Waals surface area contributed by atoms with Crippen LogP contribution < -0.4 is 15.0 Å². The maximum atomic E-state index is 13.6. The third-order valence-electron chi connectivity index (χ3n) is 5.65. The van der Waals surface area contributed by atoms with Crippen LogP contribution in [0.4, 0.5) is 23.7 Å². The quantitative estimate of drug-likeness (QED) is 0.428. The molecule has 0 spiro atoms. The van der Waals surface area contributed by atoms with E-state index in [9.17, 15) is 27.6 Å². The van der Waals surface area contributed by atoms with E-state index in [1.54, 1.807) is 32.0 Å². The van der Waals surface area contributed by atoms with E-state index in [4.69, 9.17) is 4.74 Å². The minimum absolute atomic E-state index is 0.0749. The number of rotatable bonds is 4. The molecule has 0 radical (unpaired) electrons. The molecule has 2 heterocycles. The SMILES string of the molecule is COc1ccc(N2C(=O)NC(=O)C(=Cc3cc(C)n(-c4ccccc4C(F)(F)F)c3C)C2=O)cc1. The number of carbonyl (C=O) groups excluding carboxylic acids is 3. The van der Waals surface area contributed by atoms with E-state index in [-0.39, 0.29) is 16.9 Å². The Morgan fingerprint density at radius 2 is 1.63 bits per heavy atom. The first kappa shape index (κ1) is 23.8. The van der Waals surface area contributed by atoms with E-state index in [1.807, 2.05) is 0 Å². The number of benzene rings is 2. The lowest BCUT2D eigenvalue weighted by Crippen LogP contribution is -2.54. The first-order valence-electron chi connectivity index (χ1n) is 10.4. The second-order valence-electron chi connectivity index (χ2n) is 7.83. The number of halogens is 3. The molecule has 2 aromatic carbocycles. The predicted molar refractivity (Wildman–Crippen MR) is 122 cm³/mol. The van der Waals surface area contributed by atoms with Crippen molar-refractivity contribution in [3.63, 3.8) is 0 Å². The van der Waals surface area contributed by atoms with E-state index < -0.39 is 29.6 Å². The topological polar surface area (TPSA) is 80.6 Å². The number of aromatic nitrogens is 1. The molecular weight excluding hydrogens is 463 g/mol. The maximum Gasteiger partial charge on any atom is 0.418 e. The summed E-state index contributed by atoms with van der Waals surface area (Å²) in [6.45, 7) is 3.21. The summed E-state index contributed by atoms with van der Waals surface area (Å²) < 4.78 is 47.3. The molecule has 3 aromatic rings. The molecule has 1 aromatic heterocycles. The minimum Gasteiger partial charge on any atom is -0.497 e. The van der Waals surface area contributed by atoms with Gasteiger partial charge in [-0.3, -0.25) is 14.9 Å². The van der Waals surface area contributed by atoms with Gasteiger partial charge in [-0.15, -0.1) is 0 Å². The molecule has 35 heavy (non-hydrogen) atoms. The highest BCUT2D eigenvalue weighted by molar-refractivity contribution is 6.39. The molecule has 0 bridgehead atoms. The summed E-state index contributed by atoms with van der Waals surface area (Å²) in [5, 5.41) is 2.13. The molecule has 1 N–H and O–H groups in total. The van der Waals surface area contributed by atoms with Gasteiger partial charge < -0.3 is 9.30 Å². The predicted octanol–water partition coefficient (Wildman–Crippen LogP) is 4.79. The number of aryl methyl sites for hydroxylation is 1. The summed E-state index contributed by atoms with van der Waals surface area (Å²) in [7, 11) is 1.47. The van der Waals surface area contributed by atoms with E-state index >= 15 is 0 Å². The van der Waals surface area contributed by atoms with Crippen LogP contribution in [0.3, 0.4) is 0 Å². The second kappa shape index (κ2) is 8.79. The molecule has 1 saturated heterocycles. The van der Waals surface area contributed by atoms with Crippen LogP contribution in [0.5, 0.6) is 5.75 Å². The van der Waals surface area contributed by atoms with Crippen molar-refractivity contribution in [3.05, 3.63) is 82.7 Å². The van der Waals surface area contributed by atoms with Gasteiger partial charge in [0.05, 0.1) is 24.0 Å². The van der Waals surface area contributed by atoms with Gasteiger partial charge in [0.2, 0.25) is 0 Å². The van der Waals surface area contributed by atoms with Gasteiger partial charge >= 0.3 is 12.2 Å². The summed E-state index contributed by atoms with van der Waals surface area (Å²) in [5.41, 5.74) is 0.221. The fourth-order valence-electron chi connectivity index (χ4n) is 3.99. The van der Waals surface area contributed by atoms with Crippen molar-refractivity contribution < 1.29 is 32.3 Å². The first-order chi connectivity index (χ1) is 16.5. The Morgan fingerprint density at radius 1 is 0.971 bits per heavy atom. The van der Waals surface area contributed by atoms with Gasteiger partial charge in [-0.1, -0.05) is 12.1 Å². The van der Waals surface area contributed by atoms with E-state index in [0.29, 0.717) is 22.7 Å². The lowest BCUT2D eigenvalue weighted by atomic mass is 10.1. The average Bonchev–Trinajstić information content (AvgIpc) is 3.09. The molecule has 7 nitrogen and oxygen atoms in total. The number of para-hydroxylation sites is 1. The third kappa shape index (κ3) is 4.30. The van der Waals surface area contributed by atoms with Crippen LogP contribution in [0.2, 0.25) is 0 Å². The summed E-state index contributed by atoms with van der Waals surface area (Å²) in [6, 6.07) is 11.9. The molecule has 0 aliphatic carbocycles. The summed E-state index contributed by atoms with van der Waals surface area (Å²) in [4.78, 5) is 38.9. The van der Waals surface area contributed by atoms with Crippen molar-refractivity contribution in [1.29, 1.82) is 0 Å². The first-order valence-corrected chi connectivity index (χ1v) is 10.4. The summed E-state index contributed by atoms with van der Waals surface area (Å²) >= 11 is 0. The largest absolute Gasteiger partial charge is 0.497 e. The maximum absolute atomic E-state index is 13.6. The molecular formula is C25H20F3N3O4. The molecule has 180 valence electrons. The molecule has 1 aliphatic rings. The lowest BCUT2D eigenvalue weighted by Gasteiger charge is -2.26. The highest BCUT2D eigenvalue weighted by Gasteiger charge is 2.37. The number of ether oxygens (including phenoxy) is 1. The molecule has 0 saturated carbocycles. The van der Waals surface area contributed by atoms with Crippen molar-refractivity contribution in [2.24, 2.45) is 0 Å². The Balaban J connectivity index is 1.78. The summed E-state index contributed by atoms with van der Waals surface area (Å²) in [5.74, 6) is -1.24. The number of amides is 4. The Bertz CT molecular complexity index is 1370. The number of imide groups is 2. The van der Waals surface area contributed by atoms with Crippen molar-refractivity contribution in [1.82, 2.24) is 9.88 Å². The molecule has 0 atom stereocenters. The number of anilines is 1. The Morgan fingerprint density at radius 3 is 2.26 bits per heavy atom. The minimum atomic E-state index is -4.57. The van der Waals surface area contributed by atoms with Crippen molar-refractivity contribution in [3.8, 4) is 11.4 Å². The highest BCUT2D eigenvalue weighted by Crippen LogP contribution is 2.36. The van der Waals surface area contributed by atoms with Gasteiger partial charge in [0.1, 0.15) is 11.3 Å². The Kier molecular flexibility index (Phi) is 5.98. The fraction of sp³-hybridized carbons (Fsp3) is 0.160. The van der Waals surface area contributed by atoms with Crippen molar-refractivity contribution in [2.75, 3.05) is 12.0 Å². The van der Waals surface area contributed by atoms with E-state index in [2.05, 4.69) is 5.32 Å². The Labute approximate surface area is 198 Å². The number of nitrogens with zero attached hydrogens (tertiary/aromatic N) is 2. The average molecular weight is 483 g/mol. The van der Waals surface area contributed by atoms with Gasteiger partial charge in [-0.05, 0) is 68.0 Å². The number of hydrogen-bond acceptors (Lipinski definition) is 4. The standard InChI is InChI=1S/C25H20F3N3O4/c1-14-12-16(15(2)30(14)21-7-5-4-6-20(21)25(26,27)28)13-19-22(32)29-24(34)31(23(19)33)17-8-10-18(35-3)11-9-17/h4-13H,1-3H3,(H,29,32,34). The van der Waals surface area contributed by atoms with Crippen molar-refractivity contribution >= 4 is 29.6 Å². The van der Waals surface area contributed by atoms with Crippen LogP contribution in [0.15, 0.2) is 60.2 Å². The number of methoxy groups -OCH3 is 1. The number of barbiturate groups is 1. The Hall–Kier alpha value is -4.34. The number of carbonyl (C=O) groups is 3. The van der Waals surface area contributed by atoms with Gasteiger partial charge in [0.15, 0.2) is 0 Å². The lowest BCUT2D eigenvalue weighted by molar-refractivity contribution is -0.137. The number of nitrogens with one attached hydrogen (secondary N) is 1. The molecule has 1 aliphatic heterocycles. The number of urea groups is 1. The number of alkyl halides is 3. The number of hydrogen-bond donors (Lipinski definition) is 1. The molecule has 10 heteroatoms. The van der Waals surface area contributed by atoms with Crippen LogP contribution in [0, 0.1) is 13.8 Å². The zero-order valence-corrected chi connectivity index (χ0v) is 18.9. The normalized spacial score (nSPS) is 15.5. The molecule has 4 amide bonds. The smallest absolute Gasteiger partial charge is 0.418 e. The second-order valence-corrected chi connectivity index (χ2v) is 7.83. The fourth-order valence-corrected chi connectivity index (χ4v) is 3.99. The van der Waals surface area contributed by atoms with E-state index in [1.165, 1.54) is 48.1 Å². The third-order valence-corrected chi connectivity index (χ3v) is 5.65. The van der Waals surface area contributed by atoms with Gasteiger partial charge in [-0.2, -0.15) is 13.2 Å². The van der Waals surface area contributed by atoms with E-state index in [0.717, 1.165) is 11.0 Å². The molecule has 1 fully saturated rings. The van der Waals surface area contributed by atoms with Crippen LogP contribution in [-0.2, 0) is 15.8 Å². The monoisotopic (exact) mass is 483 g/mol. The molecule has 0 unspecified atom stereocenters. The van der Waals surface area contributed by atoms with Crippen LogP contribution in [-0.4, -0.2) is 29.5 Å². The summed E-state index contributed by atoms with van der Waals surface area (Å²) in [6.07, 6.45) is -3.30. The highest BCUT2D eigenvalue weighted by atomic mass is 19.4. The van der Waals surface area contributed by atoms with Gasteiger partial charge in [-0.25, -0.2) is 9.69 Å². The zero-order chi connectivity index (χ0) is 25.5. The van der Waals surface area contributed by atoms with Gasteiger partial charge in [0, 0.05) is 11.4 Å². The zero-order valence-electron chi connectivity index (χ0n) is 18.9. The van der Waals surface area contributed by atoms with Crippen LogP contribution >= 0.6 is 0 Å².